The maximum absolute atomic E-state index is 12.2. The van der Waals surface area contributed by atoms with E-state index in [9.17, 15) is 14.9 Å². The molecule has 9 nitrogen and oxygen atoms in total. The van der Waals surface area contributed by atoms with Crippen molar-refractivity contribution in [2.24, 2.45) is 5.10 Å². The first kappa shape index (κ1) is 19.2. The fourth-order valence-electron chi connectivity index (χ4n) is 2.69. The molecule has 1 aliphatic heterocycles. The van der Waals surface area contributed by atoms with E-state index in [1.807, 2.05) is 0 Å². The van der Waals surface area contributed by atoms with Crippen molar-refractivity contribution in [3.05, 3.63) is 57.6 Å². The molecule has 2 aromatic rings. The highest BCUT2D eigenvalue weighted by Gasteiger charge is 2.16. The minimum Gasteiger partial charge on any atom is -0.490 e. The van der Waals surface area contributed by atoms with Crippen molar-refractivity contribution in [3.63, 3.8) is 0 Å². The summed E-state index contributed by atoms with van der Waals surface area (Å²) in [5.74, 6) is 1.11. The number of carbonyl (C=O) groups excluding carboxylic acids is 1. The van der Waals surface area contributed by atoms with E-state index < -0.39 is 4.92 Å². The van der Waals surface area contributed by atoms with E-state index in [-0.39, 0.29) is 23.8 Å². The number of nitrogens with one attached hydrogen (secondary N) is 1. The lowest BCUT2D eigenvalue weighted by Gasteiger charge is -2.18. The summed E-state index contributed by atoms with van der Waals surface area (Å²) in [6, 6.07) is 9.79. The zero-order chi connectivity index (χ0) is 20.1. The molecule has 0 spiro atoms. The lowest BCUT2D eigenvalue weighted by Crippen LogP contribution is -2.21. The summed E-state index contributed by atoms with van der Waals surface area (Å²) < 4.78 is 15.9. The van der Waals surface area contributed by atoms with Crippen LogP contribution in [0.5, 0.6) is 17.2 Å². The van der Waals surface area contributed by atoms with E-state index in [0.29, 0.717) is 36.0 Å². The molecule has 1 aliphatic rings. The van der Waals surface area contributed by atoms with Crippen molar-refractivity contribution in [2.75, 3.05) is 20.3 Å². The normalized spacial score (nSPS) is 13.0. The average Bonchev–Trinajstić information content (AvgIpc) is 2.71. The number of hydrogen-bond donors (Lipinski definition) is 1. The second kappa shape index (κ2) is 8.38. The molecule has 146 valence electrons. The quantitative estimate of drug-likeness (QED) is 0.464. The van der Waals surface area contributed by atoms with E-state index in [1.165, 1.54) is 19.2 Å². The molecule has 1 N–H and O–H groups in total. The Kier molecular flexibility index (Phi) is 5.73. The lowest BCUT2D eigenvalue weighted by molar-refractivity contribution is -0.385. The van der Waals surface area contributed by atoms with Crippen molar-refractivity contribution in [1.29, 1.82) is 0 Å². The highest BCUT2D eigenvalue weighted by atomic mass is 16.6. The van der Waals surface area contributed by atoms with Gasteiger partial charge in [-0.3, -0.25) is 14.9 Å². The summed E-state index contributed by atoms with van der Waals surface area (Å²) >= 11 is 0. The number of fused-ring (bicyclic) bond motifs is 1. The lowest BCUT2D eigenvalue weighted by atomic mass is 10.1. The molecule has 0 radical (unpaired) electrons. The van der Waals surface area contributed by atoms with Crippen molar-refractivity contribution in [2.45, 2.75) is 13.3 Å². The molecule has 0 atom stereocenters. The number of nitro benzene ring substituents is 1. The Balaban J connectivity index is 1.67. The Morgan fingerprint density at radius 1 is 1.21 bits per heavy atom. The third-order valence-electron chi connectivity index (χ3n) is 4.11. The molecule has 1 heterocycles. The Bertz CT molecular complexity index is 941. The highest BCUT2D eigenvalue weighted by molar-refractivity contribution is 6.00. The molecule has 28 heavy (non-hydrogen) atoms. The zero-order valence-electron chi connectivity index (χ0n) is 15.4. The van der Waals surface area contributed by atoms with E-state index >= 15 is 0 Å². The third kappa shape index (κ3) is 4.37. The van der Waals surface area contributed by atoms with Crippen LogP contribution in [-0.2, 0) is 11.2 Å². The number of benzene rings is 2. The number of amides is 1. The summed E-state index contributed by atoms with van der Waals surface area (Å²) in [6.45, 7) is 2.63. The van der Waals surface area contributed by atoms with Crippen LogP contribution in [0, 0.1) is 10.1 Å². The molecule has 0 saturated heterocycles. The topological polar surface area (TPSA) is 112 Å². The van der Waals surface area contributed by atoms with Crippen LogP contribution in [0.2, 0.25) is 0 Å². The van der Waals surface area contributed by atoms with Crippen molar-refractivity contribution in [1.82, 2.24) is 5.43 Å². The average molecular weight is 385 g/mol. The molecule has 0 bridgehead atoms. The molecule has 9 heteroatoms. The van der Waals surface area contributed by atoms with E-state index in [0.717, 1.165) is 5.56 Å². The molecular formula is C19H19N3O6. The van der Waals surface area contributed by atoms with Crippen LogP contribution in [0.15, 0.2) is 41.5 Å². The molecule has 0 aliphatic carbocycles. The summed E-state index contributed by atoms with van der Waals surface area (Å²) in [6.07, 6.45) is 0.107. The van der Waals surface area contributed by atoms with Gasteiger partial charge in [0.05, 0.1) is 24.2 Å². The maximum atomic E-state index is 12.2. The second-order valence-electron chi connectivity index (χ2n) is 6.03. The smallest absolute Gasteiger partial charge is 0.311 e. The first-order valence-electron chi connectivity index (χ1n) is 8.52. The van der Waals surface area contributed by atoms with Gasteiger partial charge in [0.25, 0.3) is 0 Å². The number of nitro groups is 1. The number of nitrogens with zero attached hydrogens (tertiary/aromatic N) is 2. The first-order chi connectivity index (χ1) is 13.5. The Morgan fingerprint density at radius 3 is 2.68 bits per heavy atom. The van der Waals surface area contributed by atoms with Gasteiger partial charge in [-0.1, -0.05) is 6.07 Å². The Labute approximate surface area is 161 Å². The molecular weight excluding hydrogens is 366 g/mol. The van der Waals surface area contributed by atoms with Gasteiger partial charge < -0.3 is 14.2 Å². The molecule has 3 rings (SSSR count). The van der Waals surface area contributed by atoms with Crippen LogP contribution in [-0.4, -0.2) is 36.9 Å². The number of carbonyl (C=O) groups is 1. The summed E-state index contributed by atoms with van der Waals surface area (Å²) in [5.41, 5.74) is 3.99. The highest BCUT2D eigenvalue weighted by Crippen LogP contribution is 2.31. The Hall–Kier alpha value is -3.62. The molecule has 0 aromatic heterocycles. The van der Waals surface area contributed by atoms with Gasteiger partial charge in [-0.05, 0) is 36.8 Å². The van der Waals surface area contributed by atoms with Gasteiger partial charge in [0.1, 0.15) is 13.2 Å². The van der Waals surface area contributed by atoms with Crippen LogP contribution < -0.4 is 19.6 Å². The summed E-state index contributed by atoms with van der Waals surface area (Å²) in [4.78, 5) is 22.8. The minimum absolute atomic E-state index is 0.107. The van der Waals surface area contributed by atoms with Crippen LogP contribution in [0.3, 0.4) is 0 Å². The van der Waals surface area contributed by atoms with Gasteiger partial charge in [-0.15, -0.1) is 0 Å². The second-order valence-corrected chi connectivity index (χ2v) is 6.03. The molecule has 1 amide bonds. The molecule has 2 aromatic carbocycles. The largest absolute Gasteiger partial charge is 0.490 e. The fourth-order valence-corrected chi connectivity index (χ4v) is 2.69. The first-order valence-corrected chi connectivity index (χ1v) is 8.52. The zero-order valence-corrected chi connectivity index (χ0v) is 15.4. The predicted molar refractivity (Wildman–Crippen MR) is 101 cm³/mol. The third-order valence-corrected chi connectivity index (χ3v) is 4.11. The van der Waals surface area contributed by atoms with Gasteiger partial charge in [0.15, 0.2) is 17.2 Å². The maximum Gasteiger partial charge on any atom is 0.311 e. The van der Waals surface area contributed by atoms with Gasteiger partial charge in [-0.25, -0.2) is 5.43 Å². The van der Waals surface area contributed by atoms with Gasteiger partial charge in [0, 0.05) is 11.6 Å². The summed E-state index contributed by atoms with van der Waals surface area (Å²) in [7, 11) is 1.36. The fraction of sp³-hybridized carbons (Fsp3) is 0.263. The number of methoxy groups -OCH3 is 1. The van der Waals surface area contributed by atoms with Crippen LogP contribution >= 0.6 is 0 Å². The van der Waals surface area contributed by atoms with Gasteiger partial charge in [0.2, 0.25) is 5.91 Å². The molecule has 0 saturated carbocycles. The number of rotatable bonds is 6. The van der Waals surface area contributed by atoms with E-state index in [2.05, 4.69) is 10.5 Å². The van der Waals surface area contributed by atoms with Crippen LogP contribution in [0.25, 0.3) is 0 Å². The number of ether oxygens (including phenoxy) is 3. The van der Waals surface area contributed by atoms with E-state index in [4.69, 9.17) is 14.2 Å². The van der Waals surface area contributed by atoms with E-state index in [1.54, 1.807) is 31.2 Å². The SMILES string of the molecule is COc1ccc(/C(C)=N\NC(=O)Cc2ccc3c(c2)OCCO3)cc1[N+](=O)[O-]. The summed E-state index contributed by atoms with van der Waals surface area (Å²) in [5, 5.41) is 15.2. The number of hydrogen-bond acceptors (Lipinski definition) is 7. The Morgan fingerprint density at radius 2 is 1.96 bits per heavy atom. The molecule has 0 fully saturated rings. The van der Waals surface area contributed by atoms with Crippen molar-refractivity contribution >= 4 is 17.3 Å². The predicted octanol–water partition coefficient (Wildman–Crippen LogP) is 2.46. The minimum atomic E-state index is -0.532. The molecule has 0 unspecified atom stereocenters. The van der Waals surface area contributed by atoms with Gasteiger partial charge >= 0.3 is 5.69 Å². The van der Waals surface area contributed by atoms with Crippen molar-refractivity contribution in [3.8, 4) is 17.2 Å². The van der Waals surface area contributed by atoms with Crippen LogP contribution in [0.1, 0.15) is 18.1 Å². The van der Waals surface area contributed by atoms with Gasteiger partial charge in [-0.2, -0.15) is 5.10 Å². The number of hydrazone groups is 1. The monoisotopic (exact) mass is 385 g/mol. The van der Waals surface area contributed by atoms with Crippen molar-refractivity contribution < 1.29 is 23.9 Å². The van der Waals surface area contributed by atoms with Crippen LogP contribution in [0.4, 0.5) is 5.69 Å². The standard InChI is InChI=1S/C19H19N3O6/c1-12(14-4-6-16(26-2)15(11-14)22(24)25)20-21-19(23)10-13-3-5-17-18(9-13)28-8-7-27-17/h3-6,9,11H,7-8,10H2,1-2H3,(H,21,23)/b20-12-.